The molecule has 0 aliphatic carbocycles. The summed E-state index contributed by atoms with van der Waals surface area (Å²) in [5.74, 6) is -0.243. The van der Waals surface area contributed by atoms with Crippen molar-refractivity contribution in [2.24, 2.45) is 0 Å². The molecule has 1 aromatic carbocycles. The molecule has 0 aliphatic heterocycles. The van der Waals surface area contributed by atoms with Crippen LogP contribution in [0.15, 0.2) is 22.7 Å². The van der Waals surface area contributed by atoms with Crippen molar-refractivity contribution in [2.75, 3.05) is 6.54 Å². The summed E-state index contributed by atoms with van der Waals surface area (Å²) in [5, 5.41) is 4.40. The molecule has 1 aromatic heterocycles. The first kappa shape index (κ1) is 15.6. The molecule has 0 radical (unpaired) electrons. The minimum absolute atomic E-state index is 0.243. The Balaban J connectivity index is 2.30. The average molecular weight is 357 g/mol. The van der Waals surface area contributed by atoms with Crippen molar-refractivity contribution in [1.29, 1.82) is 0 Å². The number of aromatic nitrogens is 1. The van der Waals surface area contributed by atoms with Crippen molar-refractivity contribution in [3.05, 3.63) is 39.1 Å². The normalized spacial score (nSPS) is 12.7. The maximum absolute atomic E-state index is 13.2. The van der Waals surface area contributed by atoms with Gasteiger partial charge < -0.3 is 5.32 Å². The highest BCUT2D eigenvalue weighted by molar-refractivity contribution is 9.10. The van der Waals surface area contributed by atoms with Crippen LogP contribution in [0, 0.1) is 12.7 Å². The zero-order chi connectivity index (χ0) is 14.7. The van der Waals surface area contributed by atoms with Crippen LogP contribution in [0.25, 0.3) is 10.6 Å². The Morgan fingerprint density at radius 1 is 1.45 bits per heavy atom. The van der Waals surface area contributed by atoms with Crippen LogP contribution in [0.5, 0.6) is 0 Å². The first-order valence-electron chi connectivity index (χ1n) is 6.69. The first-order chi connectivity index (χ1) is 9.52. The molecule has 1 heterocycles. The number of thiazole rings is 1. The third-order valence-corrected chi connectivity index (χ3v) is 5.12. The number of hydrogen-bond donors (Lipinski definition) is 1. The molecule has 0 saturated carbocycles. The predicted molar refractivity (Wildman–Crippen MR) is 86.7 cm³/mol. The van der Waals surface area contributed by atoms with Crippen molar-refractivity contribution in [3.8, 4) is 10.6 Å². The fourth-order valence-electron chi connectivity index (χ4n) is 2.04. The van der Waals surface area contributed by atoms with Gasteiger partial charge in [-0.3, -0.25) is 0 Å². The Hall–Kier alpha value is -0.780. The van der Waals surface area contributed by atoms with Crippen molar-refractivity contribution in [1.82, 2.24) is 10.3 Å². The smallest absolute Gasteiger partial charge is 0.125 e. The van der Waals surface area contributed by atoms with E-state index in [1.54, 1.807) is 17.4 Å². The standard InChI is InChI=1S/C15H18BrFN2S/c1-4-7-18-9(2)14-10(3)19-15(20-14)12-6-5-11(17)8-13(12)16/h5-6,8-9,18H,4,7H2,1-3H3. The van der Waals surface area contributed by atoms with Gasteiger partial charge in [0, 0.05) is 21.0 Å². The predicted octanol–water partition coefficient (Wildman–Crippen LogP) is 5.08. The van der Waals surface area contributed by atoms with Crippen LogP contribution in [-0.4, -0.2) is 11.5 Å². The summed E-state index contributed by atoms with van der Waals surface area (Å²) in [6.45, 7) is 7.32. The molecule has 0 saturated heterocycles. The lowest BCUT2D eigenvalue weighted by Crippen LogP contribution is -2.18. The minimum atomic E-state index is -0.243. The van der Waals surface area contributed by atoms with Gasteiger partial charge in [0.15, 0.2) is 0 Å². The second kappa shape index (κ2) is 6.78. The SMILES string of the molecule is CCCNC(C)c1sc(-c2ccc(F)cc2Br)nc1C. The second-order valence-electron chi connectivity index (χ2n) is 4.77. The van der Waals surface area contributed by atoms with Crippen molar-refractivity contribution < 1.29 is 4.39 Å². The topological polar surface area (TPSA) is 24.9 Å². The van der Waals surface area contributed by atoms with Gasteiger partial charge in [-0.25, -0.2) is 9.37 Å². The van der Waals surface area contributed by atoms with E-state index < -0.39 is 0 Å². The van der Waals surface area contributed by atoms with Gasteiger partial charge in [-0.15, -0.1) is 11.3 Å². The maximum Gasteiger partial charge on any atom is 0.125 e. The zero-order valence-corrected chi connectivity index (χ0v) is 14.2. The molecule has 1 N–H and O–H groups in total. The van der Waals surface area contributed by atoms with Crippen molar-refractivity contribution in [2.45, 2.75) is 33.2 Å². The highest BCUT2D eigenvalue weighted by atomic mass is 79.9. The number of hydrogen-bond acceptors (Lipinski definition) is 3. The third-order valence-electron chi connectivity index (χ3n) is 3.09. The summed E-state index contributed by atoms with van der Waals surface area (Å²) >= 11 is 5.07. The van der Waals surface area contributed by atoms with Gasteiger partial charge in [0.05, 0.1) is 5.69 Å². The van der Waals surface area contributed by atoms with Crippen LogP contribution in [0.1, 0.15) is 36.9 Å². The monoisotopic (exact) mass is 356 g/mol. The van der Waals surface area contributed by atoms with E-state index in [-0.39, 0.29) is 5.82 Å². The highest BCUT2D eigenvalue weighted by Crippen LogP contribution is 2.35. The lowest BCUT2D eigenvalue weighted by atomic mass is 10.2. The van der Waals surface area contributed by atoms with Gasteiger partial charge >= 0.3 is 0 Å². The molecule has 0 spiro atoms. The van der Waals surface area contributed by atoms with Crippen LogP contribution in [0.4, 0.5) is 4.39 Å². The molecular weight excluding hydrogens is 339 g/mol. The molecule has 2 rings (SSSR count). The first-order valence-corrected chi connectivity index (χ1v) is 8.30. The van der Waals surface area contributed by atoms with Gasteiger partial charge in [0.1, 0.15) is 10.8 Å². The molecular formula is C15H18BrFN2S. The number of rotatable bonds is 5. The summed E-state index contributed by atoms with van der Waals surface area (Å²) < 4.78 is 13.9. The molecule has 1 atom stereocenters. The summed E-state index contributed by atoms with van der Waals surface area (Å²) in [5.41, 5.74) is 1.98. The molecule has 0 amide bonds. The summed E-state index contributed by atoms with van der Waals surface area (Å²) in [6.07, 6.45) is 1.11. The van der Waals surface area contributed by atoms with E-state index in [0.717, 1.165) is 33.7 Å². The quantitative estimate of drug-likeness (QED) is 0.807. The number of benzene rings is 1. The zero-order valence-electron chi connectivity index (χ0n) is 11.8. The van der Waals surface area contributed by atoms with E-state index >= 15 is 0 Å². The number of aryl methyl sites for hydroxylation is 1. The second-order valence-corrected chi connectivity index (χ2v) is 6.65. The van der Waals surface area contributed by atoms with Crippen LogP contribution in [-0.2, 0) is 0 Å². The summed E-state index contributed by atoms with van der Waals surface area (Å²) in [6, 6.07) is 5.01. The van der Waals surface area contributed by atoms with Crippen LogP contribution in [0.2, 0.25) is 0 Å². The van der Waals surface area contributed by atoms with E-state index in [0.29, 0.717) is 6.04 Å². The lowest BCUT2D eigenvalue weighted by Gasteiger charge is -2.11. The van der Waals surface area contributed by atoms with Crippen molar-refractivity contribution in [3.63, 3.8) is 0 Å². The summed E-state index contributed by atoms with van der Waals surface area (Å²) in [4.78, 5) is 5.87. The number of nitrogens with one attached hydrogen (secondary N) is 1. The molecule has 5 heteroatoms. The van der Waals surface area contributed by atoms with Gasteiger partial charge in [0.25, 0.3) is 0 Å². The van der Waals surface area contributed by atoms with Crippen LogP contribution in [0.3, 0.4) is 0 Å². The van der Waals surface area contributed by atoms with Crippen LogP contribution < -0.4 is 5.32 Å². The third kappa shape index (κ3) is 3.45. The number of halogens is 2. The van der Waals surface area contributed by atoms with E-state index in [1.165, 1.54) is 17.0 Å². The Morgan fingerprint density at radius 3 is 2.85 bits per heavy atom. The minimum Gasteiger partial charge on any atom is -0.309 e. The van der Waals surface area contributed by atoms with Gasteiger partial charge in [-0.1, -0.05) is 6.92 Å². The van der Waals surface area contributed by atoms with E-state index in [2.05, 4.69) is 40.1 Å². The highest BCUT2D eigenvalue weighted by Gasteiger charge is 2.16. The number of nitrogens with zero attached hydrogens (tertiary/aromatic N) is 1. The maximum atomic E-state index is 13.2. The molecule has 2 nitrogen and oxygen atoms in total. The molecule has 2 aromatic rings. The molecule has 20 heavy (non-hydrogen) atoms. The largest absolute Gasteiger partial charge is 0.309 e. The molecule has 108 valence electrons. The van der Waals surface area contributed by atoms with E-state index in [9.17, 15) is 4.39 Å². The fourth-order valence-corrected chi connectivity index (χ4v) is 3.84. The Labute approximate surface area is 131 Å². The lowest BCUT2D eigenvalue weighted by molar-refractivity contribution is 0.575. The molecule has 0 aliphatic rings. The van der Waals surface area contributed by atoms with Gasteiger partial charge in [-0.05, 0) is 60.9 Å². The van der Waals surface area contributed by atoms with Gasteiger partial charge in [-0.2, -0.15) is 0 Å². The van der Waals surface area contributed by atoms with E-state index in [4.69, 9.17) is 0 Å². The molecule has 0 bridgehead atoms. The molecule has 0 fully saturated rings. The summed E-state index contributed by atoms with van der Waals surface area (Å²) in [7, 11) is 0. The van der Waals surface area contributed by atoms with Gasteiger partial charge in [0.2, 0.25) is 0 Å². The van der Waals surface area contributed by atoms with Crippen LogP contribution >= 0.6 is 27.3 Å². The molecule has 1 unspecified atom stereocenters. The Bertz CT molecular complexity index is 598. The Kier molecular flexibility index (Phi) is 5.29. The fraction of sp³-hybridized carbons (Fsp3) is 0.400. The average Bonchev–Trinajstić information content (AvgIpc) is 2.78. The van der Waals surface area contributed by atoms with E-state index in [1.807, 2.05) is 6.92 Å². The Morgan fingerprint density at radius 2 is 2.20 bits per heavy atom. The van der Waals surface area contributed by atoms with Crippen molar-refractivity contribution >= 4 is 27.3 Å².